The number of aliphatic hydroxyl groups is 1. The lowest BCUT2D eigenvalue weighted by molar-refractivity contribution is -0.00203. The fourth-order valence-corrected chi connectivity index (χ4v) is 2.00. The minimum Gasteiger partial charge on any atom is -0.481 e. The number of amides is 1. The maximum absolute atomic E-state index is 12.2. The Morgan fingerprint density at radius 3 is 2.61 bits per heavy atom. The second kappa shape index (κ2) is 4.94. The Morgan fingerprint density at radius 1 is 1.44 bits per heavy atom. The van der Waals surface area contributed by atoms with Gasteiger partial charge in [-0.05, 0) is 25.8 Å². The van der Waals surface area contributed by atoms with E-state index in [1.807, 2.05) is 6.92 Å². The third kappa shape index (κ3) is 2.79. The van der Waals surface area contributed by atoms with Gasteiger partial charge in [0.05, 0.1) is 18.3 Å². The van der Waals surface area contributed by atoms with E-state index in [2.05, 4.69) is 4.98 Å². The van der Waals surface area contributed by atoms with Crippen molar-refractivity contribution in [2.45, 2.75) is 25.4 Å². The van der Waals surface area contributed by atoms with Crippen molar-refractivity contribution in [3.05, 3.63) is 23.9 Å². The molecule has 98 valence electrons. The highest BCUT2D eigenvalue weighted by atomic mass is 16.5. The van der Waals surface area contributed by atoms with Gasteiger partial charge < -0.3 is 14.7 Å². The van der Waals surface area contributed by atoms with Gasteiger partial charge in [-0.2, -0.15) is 0 Å². The summed E-state index contributed by atoms with van der Waals surface area (Å²) in [6.07, 6.45) is 2.75. The van der Waals surface area contributed by atoms with Crippen LogP contribution in [0.15, 0.2) is 18.3 Å². The van der Waals surface area contributed by atoms with Crippen LogP contribution in [0.1, 0.15) is 30.1 Å². The van der Waals surface area contributed by atoms with Gasteiger partial charge in [0.25, 0.3) is 5.91 Å². The van der Waals surface area contributed by atoms with Crippen LogP contribution in [0.4, 0.5) is 0 Å². The summed E-state index contributed by atoms with van der Waals surface area (Å²) in [5.41, 5.74) is -0.0908. The molecule has 5 heteroatoms. The zero-order chi connectivity index (χ0) is 13.2. The van der Waals surface area contributed by atoms with Crippen LogP contribution in [0.2, 0.25) is 0 Å². The van der Waals surface area contributed by atoms with Crippen molar-refractivity contribution < 1.29 is 14.6 Å². The third-order valence-electron chi connectivity index (χ3n) is 3.32. The van der Waals surface area contributed by atoms with Crippen molar-refractivity contribution in [2.24, 2.45) is 0 Å². The number of aromatic nitrogens is 1. The molecular formula is C13H18N2O3. The predicted octanol–water partition coefficient (Wildman–Crippen LogP) is 1.08. The molecule has 0 radical (unpaired) electrons. The van der Waals surface area contributed by atoms with E-state index in [0.717, 1.165) is 0 Å². The summed E-state index contributed by atoms with van der Waals surface area (Å²) < 4.78 is 4.95. The molecular weight excluding hydrogens is 232 g/mol. The molecule has 1 fully saturated rings. The van der Waals surface area contributed by atoms with Crippen LogP contribution in [0, 0.1) is 0 Å². The van der Waals surface area contributed by atoms with Crippen LogP contribution in [0.25, 0.3) is 0 Å². The summed E-state index contributed by atoms with van der Waals surface area (Å²) in [5, 5.41) is 9.85. The highest BCUT2D eigenvalue weighted by Crippen LogP contribution is 2.22. The van der Waals surface area contributed by atoms with Crippen LogP contribution < -0.4 is 4.74 Å². The second-order valence-electron chi connectivity index (χ2n) is 4.88. The van der Waals surface area contributed by atoms with Crippen molar-refractivity contribution in [1.82, 2.24) is 9.88 Å². The molecule has 0 aliphatic carbocycles. The first-order valence-corrected chi connectivity index (χ1v) is 6.03. The number of likely N-dealkylation sites (tertiary alicyclic amines) is 1. The first-order chi connectivity index (χ1) is 8.52. The average Bonchev–Trinajstić information content (AvgIpc) is 2.38. The predicted molar refractivity (Wildman–Crippen MR) is 66.6 cm³/mol. The number of piperidine rings is 1. The number of pyridine rings is 1. The number of ether oxygens (including phenoxy) is 1. The van der Waals surface area contributed by atoms with Gasteiger partial charge in [-0.15, -0.1) is 0 Å². The Bertz CT molecular complexity index is 418. The SMILES string of the molecule is COc1ccc(C(=O)N2CCC(C)(O)CC2)cn1. The fraction of sp³-hybridized carbons (Fsp3) is 0.538. The molecule has 1 aliphatic rings. The van der Waals surface area contributed by atoms with E-state index in [0.29, 0.717) is 37.4 Å². The summed E-state index contributed by atoms with van der Waals surface area (Å²) in [4.78, 5) is 17.9. The first-order valence-electron chi connectivity index (χ1n) is 6.03. The van der Waals surface area contributed by atoms with Gasteiger partial charge in [0.2, 0.25) is 5.88 Å². The fourth-order valence-electron chi connectivity index (χ4n) is 2.00. The lowest BCUT2D eigenvalue weighted by atomic mass is 9.93. The van der Waals surface area contributed by atoms with Crippen LogP contribution in [0.3, 0.4) is 0 Å². The molecule has 18 heavy (non-hydrogen) atoms. The largest absolute Gasteiger partial charge is 0.481 e. The number of carbonyl (C=O) groups excluding carboxylic acids is 1. The summed E-state index contributed by atoms with van der Waals surface area (Å²) in [6, 6.07) is 3.38. The van der Waals surface area contributed by atoms with Crippen molar-refractivity contribution >= 4 is 5.91 Å². The van der Waals surface area contributed by atoms with E-state index < -0.39 is 5.60 Å². The molecule has 0 unspecified atom stereocenters. The maximum Gasteiger partial charge on any atom is 0.255 e. The number of hydrogen-bond acceptors (Lipinski definition) is 4. The van der Waals surface area contributed by atoms with Gasteiger partial charge in [0, 0.05) is 25.4 Å². The van der Waals surface area contributed by atoms with E-state index in [9.17, 15) is 9.90 Å². The first kappa shape index (κ1) is 12.8. The zero-order valence-corrected chi connectivity index (χ0v) is 10.7. The Hall–Kier alpha value is -1.62. The van der Waals surface area contributed by atoms with E-state index in [4.69, 9.17) is 4.74 Å². The number of hydrogen-bond donors (Lipinski definition) is 1. The quantitative estimate of drug-likeness (QED) is 0.853. The molecule has 2 rings (SSSR count). The van der Waals surface area contributed by atoms with E-state index in [1.165, 1.54) is 13.3 Å². The molecule has 0 spiro atoms. The molecule has 1 amide bonds. The number of rotatable bonds is 2. The number of methoxy groups -OCH3 is 1. The molecule has 1 N–H and O–H groups in total. The minimum atomic E-state index is -0.644. The van der Waals surface area contributed by atoms with Gasteiger partial charge >= 0.3 is 0 Å². The van der Waals surface area contributed by atoms with Crippen molar-refractivity contribution in [3.8, 4) is 5.88 Å². The van der Waals surface area contributed by atoms with Crippen LogP contribution in [-0.2, 0) is 0 Å². The minimum absolute atomic E-state index is 0.0411. The van der Waals surface area contributed by atoms with E-state index in [-0.39, 0.29) is 5.91 Å². The lowest BCUT2D eigenvalue weighted by Crippen LogP contribution is -2.45. The Morgan fingerprint density at radius 2 is 2.11 bits per heavy atom. The third-order valence-corrected chi connectivity index (χ3v) is 3.32. The van der Waals surface area contributed by atoms with Gasteiger partial charge in [-0.1, -0.05) is 0 Å². The summed E-state index contributed by atoms with van der Waals surface area (Å²) in [5.74, 6) is 0.453. The molecule has 0 saturated carbocycles. The molecule has 1 saturated heterocycles. The smallest absolute Gasteiger partial charge is 0.255 e. The van der Waals surface area contributed by atoms with Crippen molar-refractivity contribution in [1.29, 1.82) is 0 Å². The maximum atomic E-state index is 12.2. The molecule has 1 aromatic heterocycles. The molecule has 1 aliphatic heterocycles. The summed E-state index contributed by atoms with van der Waals surface area (Å²) in [7, 11) is 1.54. The van der Waals surface area contributed by atoms with Crippen LogP contribution in [-0.4, -0.2) is 46.7 Å². The topological polar surface area (TPSA) is 62.7 Å². The van der Waals surface area contributed by atoms with Gasteiger partial charge in [-0.25, -0.2) is 4.98 Å². The second-order valence-corrected chi connectivity index (χ2v) is 4.88. The molecule has 2 heterocycles. The van der Waals surface area contributed by atoms with Crippen LogP contribution >= 0.6 is 0 Å². The highest BCUT2D eigenvalue weighted by molar-refractivity contribution is 5.94. The zero-order valence-electron chi connectivity index (χ0n) is 10.7. The van der Waals surface area contributed by atoms with Crippen molar-refractivity contribution in [2.75, 3.05) is 20.2 Å². The Kier molecular flexibility index (Phi) is 3.52. The monoisotopic (exact) mass is 250 g/mol. The van der Waals surface area contributed by atoms with Gasteiger partial charge in [-0.3, -0.25) is 4.79 Å². The normalized spacial score (nSPS) is 18.5. The van der Waals surface area contributed by atoms with Gasteiger partial charge in [0.1, 0.15) is 0 Å². The van der Waals surface area contributed by atoms with Crippen LogP contribution in [0.5, 0.6) is 5.88 Å². The Labute approximate surface area is 106 Å². The molecule has 1 aromatic rings. The molecule has 0 aromatic carbocycles. The van der Waals surface area contributed by atoms with Crippen molar-refractivity contribution in [3.63, 3.8) is 0 Å². The number of nitrogens with zero attached hydrogens (tertiary/aromatic N) is 2. The van der Waals surface area contributed by atoms with E-state index in [1.54, 1.807) is 17.0 Å². The lowest BCUT2D eigenvalue weighted by Gasteiger charge is -2.35. The van der Waals surface area contributed by atoms with E-state index >= 15 is 0 Å². The summed E-state index contributed by atoms with van der Waals surface area (Å²) in [6.45, 7) is 2.97. The molecule has 5 nitrogen and oxygen atoms in total. The highest BCUT2D eigenvalue weighted by Gasteiger charge is 2.29. The molecule has 0 atom stereocenters. The molecule has 0 bridgehead atoms. The number of carbonyl (C=O) groups is 1. The standard InChI is InChI=1S/C13H18N2O3/c1-13(17)5-7-15(8-6-13)12(16)10-3-4-11(18-2)14-9-10/h3-4,9,17H,5-8H2,1-2H3. The van der Waals surface area contributed by atoms with Gasteiger partial charge in [0.15, 0.2) is 0 Å². The average molecular weight is 250 g/mol. The summed E-state index contributed by atoms with van der Waals surface area (Å²) >= 11 is 0. The Balaban J connectivity index is 2.03.